The first kappa shape index (κ1) is 87.8. The summed E-state index contributed by atoms with van der Waals surface area (Å²) in [5.41, 5.74) is 0. The molecule has 0 aromatic heterocycles. The number of likely N-dealkylation sites (tertiary alicyclic amines) is 1. The molecule has 6 N–H and O–H groups in total. The lowest BCUT2D eigenvalue weighted by molar-refractivity contribution is -0.151. The summed E-state index contributed by atoms with van der Waals surface area (Å²) in [7, 11) is 8.49. The van der Waals surface area contributed by atoms with Crippen LogP contribution in [0.5, 0.6) is 0 Å². The van der Waals surface area contributed by atoms with Crippen molar-refractivity contribution in [2.24, 2.45) is 29.6 Å². The maximum Gasteiger partial charge on any atom is 0.261 e. The van der Waals surface area contributed by atoms with Crippen LogP contribution in [0.4, 0.5) is 8.78 Å². The number of aliphatic hydroxyl groups excluding tert-OH is 1. The second-order valence-corrected chi connectivity index (χ2v) is 31.4. The quantitative estimate of drug-likeness (QED) is 0.0928. The van der Waals surface area contributed by atoms with Crippen LogP contribution < -0.4 is 26.6 Å². The Labute approximate surface area is 606 Å². The molecule has 0 spiro atoms. The van der Waals surface area contributed by atoms with Crippen LogP contribution in [0.1, 0.15) is 218 Å². The van der Waals surface area contributed by atoms with Crippen molar-refractivity contribution in [2.75, 3.05) is 75.0 Å². The summed E-state index contributed by atoms with van der Waals surface area (Å²) < 4.78 is 29.0. The van der Waals surface area contributed by atoms with Gasteiger partial charge < -0.3 is 70.9 Å². The van der Waals surface area contributed by atoms with Crippen LogP contribution in [0.2, 0.25) is 0 Å². The number of unbranched alkanes of at least 4 members (excludes halogenated alkanes) is 1. The minimum atomic E-state index is -2.94. The Morgan fingerprint density at radius 1 is 0.529 bits per heavy atom. The minimum Gasteiger partial charge on any atom is -0.391 e. The van der Waals surface area contributed by atoms with Gasteiger partial charge in [0.1, 0.15) is 60.4 Å². The van der Waals surface area contributed by atoms with E-state index in [2.05, 4.69) is 26.6 Å². The predicted octanol–water partition coefficient (Wildman–Crippen LogP) is 5.07. The molecular weight excluding hydrogens is 1320 g/mol. The van der Waals surface area contributed by atoms with Gasteiger partial charge in [0.05, 0.1) is 25.6 Å². The Bertz CT molecular complexity index is 2820. The van der Waals surface area contributed by atoms with Crippen LogP contribution in [0.15, 0.2) is 0 Å². The fourth-order valence-electron chi connectivity index (χ4n) is 14.6. The number of carbonyl (C=O) groups is 12. The molecule has 0 radical (unpaired) electrons. The zero-order chi connectivity index (χ0) is 76.8. The molecule has 0 aromatic rings. The Morgan fingerprint density at radius 3 is 1.56 bits per heavy atom. The van der Waals surface area contributed by atoms with Crippen LogP contribution in [0, 0.1) is 29.6 Å². The number of aliphatic hydroxyl groups is 1. The van der Waals surface area contributed by atoms with Crippen molar-refractivity contribution < 1.29 is 71.4 Å². The lowest BCUT2D eigenvalue weighted by atomic mass is 9.84. The summed E-state index contributed by atoms with van der Waals surface area (Å²) in [6, 6.07) is -13.9. The first-order chi connectivity index (χ1) is 47.8. The molecule has 1 aliphatic carbocycles. The SMILES string of the molecule is CCCCN1CC(=O)N(C)[C@@H](CC(C)C)C(=O)N[C@H](C(=O)N2CCCCC2)CC(=O)N(C)[C@@H](CC)C(=O)N[C@@H](CC(C)C)C(=O)N(C)[C@@H](CC(C)C)C(=O)N(C)[C@@H](CC2CCCCC2)C(=O)N[C@@H](CCC[C@@H]2CC(F)(F)CN2)C(=O)N(C)[C@@H](C)C(=O)N(C)[C@@H](CC(C)C)C(=O)N[C@@H]([C@@H](C)O)C1=O. The number of halogens is 2. The van der Waals surface area contributed by atoms with E-state index in [0.717, 1.165) is 48.3 Å². The lowest BCUT2D eigenvalue weighted by Gasteiger charge is -2.39. The molecule has 582 valence electrons. The van der Waals surface area contributed by atoms with Gasteiger partial charge in [0.2, 0.25) is 70.9 Å². The molecule has 28 heteroatoms. The van der Waals surface area contributed by atoms with E-state index in [1.54, 1.807) is 11.8 Å². The van der Waals surface area contributed by atoms with Crippen molar-refractivity contribution >= 4 is 70.9 Å². The van der Waals surface area contributed by atoms with Gasteiger partial charge in [-0.05, 0) is 127 Å². The summed E-state index contributed by atoms with van der Waals surface area (Å²) in [5, 5.41) is 25.6. The maximum absolute atomic E-state index is 15.5. The molecule has 0 bridgehead atoms. The lowest BCUT2D eigenvalue weighted by Crippen LogP contribution is -2.62. The Kier molecular flexibility index (Phi) is 35.5. The van der Waals surface area contributed by atoms with E-state index in [0.29, 0.717) is 38.8 Å². The number of nitrogens with zero attached hydrogens (tertiary/aromatic N) is 8. The van der Waals surface area contributed by atoms with E-state index in [9.17, 15) is 52.2 Å². The molecule has 0 aromatic carbocycles. The van der Waals surface area contributed by atoms with E-state index in [1.165, 1.54) is 80.6 Å². The van der Waals surface area contributed by atoms with Gasteiger partial charge >= 0.3 is 0 Å². The van der Waals surface area contributed by atoms with Gasteiger partial charge in [0, 0.05) is 74.4 Å². The van der Waals surface area contributed by atoms with E-state index in [4.69, 9.17) is 0 Å². The van der Waals surface area contributed by atoms with Gasteiger partial charge in [-0.15, -0.1) is 0 Å². The molecule has 0 unspecified atom stereocenters. The van der Waals surface area contributed by atoms with Gasteiger partial charge in [0.15, 0.2) is 0 Å². The molecule has 4 aliphatic rings. The summed E-state index contributed by atoms with van der Waals surface area (Å²) in [5.74, 6) is -12.3. The first-order valence-electron chi connectivity index (χ1n) is 37.9. The van der Waals surface area contributed by atoms with Crippen LogP contribution in [-0.2, 0) is 57.5 Å². The van der Waals surface area contributed by atoms with Crippen molar-refractivity contribution in [2.45, 2.75) is 296 Å². The summed E-state index contributed by atoms with van der Waals surface area (Å²) in [4.78, 5) is 190. The van der Waals surface area contributed by atoms with Gasteiger partial charge in [0.25, 0.3) is 5.92 Å². The van der Waals surface area contributed by atoms with Crippen molar-refractivity contribution in [3.05, 3.63) is 0 Å². The van der Waals surface area contributed by atoms with Crippen LogP contribution in [0.25, 0.3) is 0 Å². The normalized spacial score (nSPS) is 28.0. The van der Waals surface area contributed by atoms with Gasteiger partial charge in [-0.25, -0.2) is 8.78 Å². The molecule has 3 saturated heterocycles. The van der Waals surface area contributed by atoms with Crippen molar-refractivity contribution in [1.29, 1.82) is 0 Å². The third-order valence-corrected chi connectivity index (χ3v) is 21.0. The predicted molar refractivity (Wildman–Crippen MR) is 385 cm³/mol. The van der Waals surface area contributed by atoms with Gasteiger partial charge in [-0.3, -0.25) is 57.5 Å². The zero-order valence-corrected chi connectivity index (χ0v) is 64.9. The van der Waals surface area contributed by atoms with E-state index in [-0.39, 0.29) is 93.9 Å². The summed E-state index contributed by atoms with van der Waals surface area (Å²) in [6.07, 6.45) is 5.67. The standard InChI is InChI=1S/C74H129F2N13O13/c1-19-21-33-89-43-62(92)84(15)57(37-46(5)6)65(94)80-55(71(100)88-34-26-23-27-35-88)41-61(91)83(14)56(20-2)64(93)79-54(36-45(3)4)70(99)87(18)60(39-48(9)10)72(101)86(17)59(40-51-29-24-22-25-30-51)66(95)78-53(32-28-31-52-42-74(75,76)44-77-52)69(98)82(13)49(11)68(97)85(16)58(38-47(7)8)67(96)81-63(50(12)90)73(89)102/h45-60,63,77,90H,19-44H2,1-18H3,(H,78,95)(H,79,93)(H,80,94)(H,81,96)/t49-,50+,52+,53-,54-,55-,56-,57-,58-,59-,60-,63-/m0/s1. The van der Waals surface area contributed by atoms with Crippen molar-refractivity contribution in [3.8, 4) is 0 Å². The molecule has 12 amide bonds. The van der Waals surface area contributed by atoms with Gasteiger partial charge in [-0.1, -0.05) is 108 Å². The topological polar surface area (TPSA) is 311 Å². The van der Waals surface area contributed by atoms with Crippen LogP contribution in [0.3, 0.4) is 0 Å². The molecule has 102 heavy (non-hydrogen) atoms. The molecule has 3 aliphatic heterocycles. The maximum atomic E-state index is 15.5. The average molecular weight is 1450 g/mol. The number of piperidine rings is 1. The molecule has 4 fully saturated rings. The van der Waals surface area contributed by atoms with Crippen molar-refractivity contribution in [1.82, 2.24) is 65.8 Å². The summed E-state index contributed by atoms with van der Waals surface area (Å²) in [6.45, 7) is 20.6. The molecular formula is C74H129F2N13O13. The zero-order valence-electron chi connectivity index (χ0n) is 64.9. The molecule has 26 nitrogen and oxygen atoms in total. The smallest absolute Gasteiger partial charge is 0.261 e. The highest BCUT2D eigenvalue weighted by Gasteiger charge is 2.45. The third-order valence-electron chi connectivity index (χ3n) is 21.0. The second kappa shape index (κ2) is 41.2. The number of hydrogen-bond acceptors (Lipinski definition) is 14. The van der Waals surface area contributed by atoms with E-state index < -0.39 is 175 Å². The number of hydrogen-bond donors (Lipinski definition) is 6. The summed E-state index contributed by atoms with van der Waals surface area (Å²) >= 11 is 0. The molecule has 12 atom stereocenters. The highest BCUT2D eigenvalue weighted by atomic mass is 19.3. The largest absolute Gasteiger partial charge is 0.391 e. The first-order valence-corrected chi connectivity index (χ1v) is 37.9. The fraction of sp³-hybridized carbons (Fsp3) is 0.838. The Balaban J connectivity index is 1.96. The Morgan fingerprint density at radius 2 is 1.02 bits per heavy atom. The van der Waals surface area contributed by atoms with Crippen LogP contribution >= 0.6 is 0 Å². The average Bonchev–Trinajstić information content (AvgIpc) is 1.02. The van der Waals surface area contributed by atoms with E-state index >= 15 is 19.2 Å². The number of alkyl halides is 2. The monoisotopic (exact) mass is 1450 g/mol. The number of amides is 12. The highest BCUT2D eigenvalue weighted by molar-refractivity contribution is 6.00. The molecule has 3 heterocycles. The number of nitrogens with one attached hydrogen (secondary N) is 5. The van der Waals surface area contributed by atoms with Crippen LogP contribution in [-0.4, -0.2) is 269 Å². The van der Waals surface area contributed by atoms with Gasteiger partial charge in [-0.2, -0.15) is 0 Å². The highest BCUT2D eigenvalue weighted by Crippen LogP contribution is 2.31. The number of rotatable bonds is 20. The Hall–Kier alpha value is -6.58. The fourth-order valence-corrected chi connectivity index (χ4v) is 14.6. The van der Waals surface area contributed by atoms with E-state index in [1.807, 2.05) is 62.3 Å². The molecule has 4 rings (SSSR count). The molecule has 1 saturated carbocycles. The number of likely N-dealkylation sites (N-methyl/N-ethyl adjacent to an activating group) is 6. The minimum absolute atomic E-state index is 0.0189. The third kappa shape index (κ3) is 25.6. The number of carbonyl (C=O) groups excluding carboxylic acids is 12. The van der Waals surface area contributed by atoms with Crippen molar-refractivity contribution in [3.63, 3.8) is 0 Å². The second-order valence-electron chi connectivity index (χ2n) is 31.4.